The molecule has 0 bridgehead atoms. The number of hydrogen-bond donors (Lipinski definition) is 4. The zero-order valence-corrected chi connectivity index (χ0v) is 79.3. The van der Waals surface area contributed by atoms with E-state index >= 15 is 0 Å². The van der Waals surface area contributed by atoms with Gasteiger partial charge in [-0.15, -0.1) is 13.2 Å². The number of pyridine rings is 8. The molecule has 0 aromatic carbocycles. The summed E-state index contributed by atoms with van der Waals surface area (Å²) < 4.78 is 26.2. The van der Waals surface area contributed by atoms with E-state index in [2.05, 4.69) is 170 Å². The molecule has 8 aromatic rings. The van der Waals surface area contributed by atoms with Gasteiger partial charge in [0.05, 0.1) is 55.0 Å². The van der Waals surface area contributed by atoms with Gasteiger partial charge >= 0.3 is 81.9 Å². The fraction of sp³-hybridized carbons (Fsp3) is 0.237. The minimum Gasteiger partial charge on any atom is -1.00 e. The van der Waals surface area contributed by atoms with Gasteiger partial charge in [-0.1, -0.05) is 93.6 Å². The number of ether oxygens (including phenoxy) is 4. The number of nitrogens with zero attached hydrogens (tertiary/aromatic N) is 7. The Hall–Kier alpha value is -8.43. The van der Waals surface area contributed by atoms with Gasteiger partial charge in [0.25, 0.3) is 33.7 Å². The first kappa shape index (κ1) is 105. The Kier molecular flexibility index (Phi) is 44.0. The molecule has 0 fully saturated rings. The average Bonchev–Trinajstić information content (AvgIpc) is 1.67. The van der Waals surface area contributed by atoms with E-state index in [4.69, 9.17) is 26.2 Å². The summed E-state index contributed by atoms with van der Waals surface area (Å²) in [4.78, 5) is 132. The van der Waals surface area contributed by atoms with E-state index in [1.807, 2.05) is 46.8 Å². The minimum absolute atomic E-state index is 0. The van der Waals surface area contributed by atoms with Crippen LogP contribution in [0.15, 0.2) is 173 Å². The first-order valence-electron chi connectivity index (χ1n) is 33.7. The fourth-order valence-corrected chi connectivity index (χ4v) is 14.1. The van der Waals surface area contributed by atoms with E-state index in [0.717, 1.165) is 77.5 Å². The van der Waals surface area contributed by atoms with E-state index in [1.54, 1.807) is 57.0 Å². The van der Waals surface area contributed by atoms with Crippen molar-refractivity contribution in [1.29, 1.82) is 0 Å². The van der Waals surface area contributed by atoms with Crippen molar-refractivity contribution in [2.75, 3.05) is 28.4 Å². The first-order chi connectivity index (χ1) is 53.5. The van der Waals surface area contributed by atoms with Gasteiger partial charge in [0.2, 0.25) is 11.0 Å². The van der Waals surface area contributed by atoms with Crippen LogP contribution in [0.1, 0.15) is 146 Å². The molecule has 8 aromatic heterocycles. The molecule has 608 valence electrons. The Morgan fingerprint density at radius 2 is 0.863 bits per heavy atom. The van der Waals surface area contributed by atoms with Crippen LogP contribution < -0.4 is 83.8 Å². The van der Waals surface area contributed by atoms with Crippen LogP contribution in [0.25, 0.3) is 36.5 Å². The minimum atomic E-state index is -1.01. The molecule has 0 unspecified atom stereocenters. The second kappa shape index (κ2) is 49.2. The van der Waals surface area contributed by atoms with E-state index in [9.17, 15) is 58.6 Å². The van der Waals surface area contributed by atoms with Gasteiger partial charge in [-0.3, -0.25) is 50.8 Å². The van der Waals surface area contributed by atoms with Crippen molar-refractivity contribution in [1.82, 2.24) is 39.0 Å². The van der Waals surface area contributed by atoms with Crippen LogP contribution in [0.5, 0.6) is 11.8 Å². The molecule has 37 heteroatoms. The maximum absolute atomic E-state index is 12.2. The van der Waals surface area contributed by atoms with Gasteiger partial charge < -0.3 is 76.7 Å². The molecule has 117 heavy (non-hydrogen) atoms. The normalized spacial score (nSPS) is 12.1. The Morgan fingerprint density at radius 1 is 0.538 bits per heavy atom. The molecule has 6 aliphatic carbocycles. The van der Waals surface area contributed by atoms with Crippen LogP contribution in [0, 0.1) is 26.3 Å². The van der Waals surface area contributed by atoms with Gasteiger partial charge in [0.15, 0.2) is 0 Å². The van der Waals surface area contributed by atoms with Gasteiger partial charge in [-0.05, 0) is 193 Å². The van der Waals surface area contributed by atoms with E-state index in [0.29, 0.717) is 85.8 Å². The third-order valence-corrected chi connectivity index (χ3v) is 19.8. The third-order valence-electron chi connectivity index (χ3n) is 16.7. The molecule has 0 spiro atoms. The molecule has 0 atom stereocenters. The zero-order valence-electron chi connectivity index (χ0n) is 65.6. The summed E-state index contributed by atoms with van der Waals surface area (Å²) in [6.45, 7) is 24.8. The Bertz CT molecular complexity index is 5570. The van der Waals surface area contributed by atoms with Crippen LogP contribution in [0.3, 0.4) is 0 Å². The van der Waals surface area contributed by atoms with Gasteiger partial charge in [-0.2, -0.15) is 6.92 Å². The molecule has 6 aliphatic rings. The summed E-state index contributed by atoms with van der Waals surface area (Å²) in [7, 11) is 5.65. The van der Waals surface area contributed by atoms with Crippen molar-refractivity contribution in [3.05, 3.63) is 316 Å². The predicted molar refractivity (Wildman–Crippen MR) is 462 cm³/mol. The zero-order chi connectivity index (χ0) is 84.0. The van der Waals surface area contributed by atoms with Gasteiger partial charge in [0, 0.05) is 131 Å². The molecular weight excluding hydrogens is 1950 g/mol. The van der Waals surface area contributed by atoms with Crippen LogP contribution in [0.4, 0.5) is 11.4 Å². The molecule has 0 saturated heterocycles. The number of aromatic carboxylic acids is 1. The number of methoxy groups -OCH3 is 4. The van der Waals surface area contributed by atoms with Crippen LogP contribution in [0.2, 0.25) is 5.15 Å². The first-order valence-corrected chi connectivity index (χ1v) is 38.0. The number of allylic oxidation sites excluding steroid dienone is 9. The number of hydrogen-bond acceptors (Lipinski definition) is 20. The van der Waals surface area contributed by atoms with Crippen molar-refractivity contribution in [3.8, 4) is 11.8 Å². The summed E-state index contributed by atoms with van der Waals surface area (Å²) in [6, 6.07) is 2.64. The number of rotatable bonds is 11. The van der Waals surface area contributed by atoms with Crippen molar-refractivity contribution in [2.24, 2.45) is 0 Å². The molecule has 0 saturated carbocycles. The van der Waals surface area contributed by atoms with Gasteiger partial charge in [0.1, 0.15) is 0 Å². The number of aromatic amines is 3. The average molecular weight is 2030 g/mol. The number of carbonyl (C=O) groups excluding carboxylic acids is 2. The monoisotopic (exact) mass is 2020 g/mol. The van der Waals surface area contributed by atoms with Crippen molar-refractivity contribution in [3.63, 3.8) is 0 Å². The number of esters is 2. The number of carboxylic acid groups (broad SMARTS) is 1. The molecule has 14 rings (SSSR count). The van der Waals surface area contributed by atoms with E-state index in [1.165, 1.54) is 95.2 Å². The topological polar surface area (TPSA) is 406 Å². The van der Waals surface area contributed by atoms with Crippen molar-refractivity contribution < 1.29 is 100 Å². The number of nitrogens with one attached hydrogen (secondary N) is 3. The molecule has 8 heterocycles. The summed E-state index contributed by atoms with van der Waals surface area (Å²) in [5.74, 6) is -1.09. The summed E-state index contributed by atoms with van der Waals surface area (Å²) in [5, 5.41) is 29.7. The molecule has 0 amide bonds. The SMILES string of the molecule is C=CCn1cc(C(=O)O)c2c(c1=O)CC(C)=C2.C=CCn1cc(C(=O)OC)c2c(c1=O)CC(C)=C2.C=[C-]C.CC1=Cc2c(Br)c[nH]c(=O)c2C1.CC1=Cc2c(Br)c[nH]c(=O)c2C1.COC(=O)c1c[nH]c(=O)c2c1C=C(C)C2.COc1ncc(Br)c2c1CC(C)=C2.COc1ncc(Br)cc1[N+](=O)[O-].O=[N+]([O-])c1cc(Br)cnc1Cl.[Br-].[Mg+2].[Na+].[OH-]. The number of aromatic nitrogens is 8. The van der Waals surface area contributed by atoms with Crippen LogP contribution >= 0.6 is 91.3 Å². The van der Waals surface area contributed by atoms with Crippen LogP contribution in [-0.2, 0) is 61.1 Å². The third kappa shape index (κ3) is 27.8. The summed E-state index contributed by atoms with van der Waals surface area (Å²) in [5.41, 5.74) is 17.5. The maximum atomic E-state index is 12.2. The number of carboxylic acids is 1. The second-order valence-electron chi connectivity index (χ2n) is 25.3. The van der Waals surface area contributed by atoms with Crippen molar-refractivity contribution in [2.45, 2.75) is 100 Å². The predicted octanol–water partition coefficient (Wildman–Crippen LogP) is 10.2. The molecule has 28 nitrogen and oxygen atoms in total. The Labute approximate surface area is 768 Å². The smallest absolute Gasteiger partial charge is 1.00 e. The van der Waals surface area contributed by atoms with Crippen LogP contribution in [-0.4, -0.2) is 129 Å². The van der Waals surface area contributed by atoms with Gasteiger partial charge in [-0.25, -0.2) is 29.3 Å². The number of halogens is 7. The molecular formula is C80H78Br6ClMgN10NaO18. The number of H-pyrrole nitrogens is 3. The maximum Gasteiger partial charge on any atom is 2.00 e. The van der Waals surface area contributed by atoms with E-state index in [-0.39, 0.29) is 131 Å². The summed E-state index contributed by atoms with van der Waals surface area (Å²) in [6.07, 6.45) is 34.1. The largest absolute Gasteiger partial charge is 2.00 e. The Balaban J connectivity index is 0.000000451. The number of fused-ring (bicyclic) bond motifs is 6. The summed E-state index contributed by atoms with van der Waals surface area (Å²) >= 11 is 21.8. The molecule has 5 N–H and O–H groups in total. The second-order valence-corrected chi connectivity index (χ2v) is 30.1. The van der Waals surface area contributed by atoms with E-state index < -0.39 is 27.8 Å². The molecule has 0 aliphatic heterocycles. The fourth-order valence-electron chi connectivity index (χ4n) is 11.9. The number of nitro groups is 2. The van der Waals surface area contributed by atoms with Crippen molar-refractivity contribution >= 4 is 180 Å². The standard InChI is InChI=1S/C14H15NO3.C13H13NO3.C11H11NO3.C10H10BrNO.2C9H8BrNO.C6H5BrN2O3.C5H2BrClN2O2.C3H5.BrH.Mg.Na.H2O/c1-4-5-15-8-12(14(17)18-3)10-6-9(2)7-11(10)13(15)16;1-3-4-14-7-11(13(16)17)9-5-8(2)6-10(9)12(14)15;1-6-3-7-8(4-6)10(13)12-5-9(7)11(14)15-2;1-6-3-7-8(4-6)10(13-2)12-5-9(7)11;2*1-5-2-6-7(3-5)9(12)11-4-8(6)10;1-12-6-5(9(10)11)2-4(7)3-8-6;6-3-1-4(9(10)11)5(7)8-2-3;1-3-2;;;;/h4,6,8H,1,5,7H2,2-3H3;3,5,7H,1,4,6H2,2H3,(H,16,17);3,5H,4H2,1-2H3,(H,12,13);3,5H,4H2,1-2H3;2*2,4H,3H2,1H3,(H,11,12);2-3H,1H3;1-2H;1H2,2H3;1H;;;1H2/q;;;;;;;;-1;;+2;+1;/p-2. The number of carbonyl (C=O) groups is 3. The Morgan fingerprint density at radius 3 is 1.24 bits per heavy atom. The molecule has 0 radical (unpaired) electrons. The quantitative estimate of drug-likeness (QED) is 0.0178.